The van der Waals surface area contributed by atoms with Crippen molar-refractivity contribution in [3.05, 3.63) is 29.8 Å². The molecule has 0 spiro atoms. The van der Waals surface area contributed by atoms with Crippen LogP contribution >= 0.6 is 0 Å². The molecule has 0 aromatic heterocycles. The summed E-state index contributed by atoms with van der Waals surface area (Å²) in [6.45, 7) is 1.95. The van der Waals surface area contributed by atoms with E-state index in [1.807, 2.05) is 0 Å². The molecule has 4 unspecified atom stereocenters. The number of guanidine groups is 1. The van der Waals surface area contributed by atoms with E-state index in [2.05, 4.69) is 15.6 Å². The van der Waals surface area contributed by atoms with Crippen molar-refractivity contribution in [3.63, 3.8) is 0 Å². The molecule has 0 radical (unpaired) electrons. The number of hydrogen-bond donors (Lipinski definition) is 7. The predicted molar refractivity (Wildman–Crippen MR) is 132 cm³/mol. The van der Waals surface area contributed by atoms with E-state index in [0.717, 1.165) is 5.56 Å². The number of phenols is 1. The Morgan fingerprint density at radius 2 is 1.81 bits per heavy atom. The topological polar surface area (TPSA) is 226 Å². The predicted octanol–water partition coefficient (Wildman–Crippen LogP) is -1.62. The number of carbonyl (C=O) groups excluding carboxylic acids is 3. The number of nitrogens with two attached hydrogens (primary N) is 3. The van der Waals surface area contributed by atoms with Crippen LogP contribution in [0.1, 0.15) is 38.2 Å². The molecule has 0 bridgehead atoms. The smallest absolute Gasteiger partial charge is 0.326 e. The van der Waals surface area contributed by atoms with Crippen LogP contribution in [0.5, 0.6) is 5.75 Å². The molecular formula is C23H35N7O6. The van der Waals surface area contributed by atoms with Gasteiger partial charge in [0.15, 0.2) is 5.96 Å². The SMILES string of the molecule is CC(NC(=O)C(N)Cc1ccc(O)cc1)C(=O)NC(CCCN=C(N)N)C(=O)N1CCCC1C(=O)O. The van der Waals surface area contributed by atoms with E-state index < -0.39 is 47.9 Å². The molecule has 1 heterocycles. The second-order valence-electron chi connectivity index (χ2n) is 8.75. The van der Waals surface area contributed by atoms with Crippen molar-refractivity contribution in [3.8, 4) is 5.75 Å². The zero-order valence-corrected chi connectivity index (χ0v) is 20.2. The van der Waals surface area contributed by atoms with Crippen molar-refractivity contribution in [1.82, 2.24) is 15.5 Å². The van der Waals surface area contributed by atoms with Gasteiger partial charge < -0.3 is 42.9 Å². The number of nitrogens with zero attached hydrogens (tertiary/aromatic N) is 2. The number of nitrogens with one attached hydrogen (secondary N) is 2. The van der Waals surface area contributed by atoms with Crippen LogP contribution in [0.3, 0.4) is 0 Å². The summed E-state index contributed by atoms with van der Waals surface area (Å²) in [5.41, 5.74) is 17.3. The number of rotatable bonds is 12. The number of likely N-dealkylation sites (tertiary alicyclic amines) is 1. The second-order valence-corrected chi connectivity index (χ2v) is 8.75. The van der Waals surface area contributed by atoms with Crippen molar-refractivity contribution in [1.29, 1.82) is 0 Å². The number of carboxylic acid groups (broad SMARTS) is 1. The molecule has 1 aromatic rings. The quantitative estimate of drug-likeness (QED) is 0.0982. The van der Waals surface area contributed by atoms with Gasteiger partial charge in [0.25, 0.3) is 0 Å². The third kappa shape index (κ3) is 8.41. The molecule has 10 N–H and O–H groups in total. The molecule has 2 rings (SSSR count). The van der Waals surface area contributed by atoms with Gasteiger partial charge in [-0.15, -0.1) is 0 Å². The summed E-state index contributed by atoms with van der Waals surface area (Å²) in [5.74, 6) is -2.81. The van der Waals surface area contributed by atoms with Gasteiger partial charge in [0.05, 0.1) is 6.04 Å². The summed E-state index contributed by atoms with van der Waals surface area (Å²) in [4.78, 5) is 55.1. The Labute approximate surface area is 209 Å². The lowest BCUT2D eigenvalue weighted by atomic mass is 10.1. The Hall–Kier alpha value is -3.87. The van der Waals surface area contributed by atoms with Gasteiger partial charge in [-0.3, -0.25) is 19.4 Å². The highest BCUT2D eigenvalue weighted by Crippen LogP contribution is 2.20. The van der Waals surface area contributed by atoms with Crippen molar-refractivity contribution in [2.45, 2.75) is 63.2 Å². The monoisotopic (exact) mass is 505 g/mol. The highest BCUT2D eigenvalue weighted by Gasteiger charge is 2.37. The lowest BCUT2D eigenvalue weighted by Gasteiger charge is -2.28. The molecule has 36 heavy (non-hydrogen) atoms. The van der Waals surface area contributed by atoms with E-state index >= 15 is 0 Å². The van der Waals surface area contributed by atoms with Crippen molar-refractivity contribution < 1.29 is 29.4 Å². The minimum atomic E-state index is -1.10. The maximum Gasteiger partial charge on any atom is 0.326 e. The summed E-state index contributed by atoms with van der Waals surface area (Å²) in [6.07, 6.45) is 1.60. The van der Waals surface area contributed by atoms with Crippen molar-refractivity contribution in [2.75, 3.05) is 13.1 Å². The van der Waals surface area contributed by atoms with E-state index in [-0.39, 0.29) is 37.6 Å². The third-order valence-corrected chi connectivity index (χ3v) is 5.86. The maximum absolute atomic E-state index is 13.1. The van der Waals surface area contributed by atoms with Gasteiger partial charge in [-0.25, -0.2) is 4.79 Å². The Morgan fingerprint density at radius 3 is 2.42 bits per heavy atom. The molecule has 13 nitrogen and oxygen atoms in total. The van der Waals surface area contributed by atoms with Gasteiger partial charge in [-0.1, -0.05) is 12.1 Å². The van der Waals surface area contributed by atoms with Crippen molar-refractivity contribution in [2.24, 2.45) is 22.2 Å². The number of carbonyl (C=O) groups is 4. The minimum Gasteiger partial charge on any atom is -0.508 e. The molecule has 1 fully saturated rings. The molecule has 4 atom stereocenters. The molecule has 198 valence electrons. The Morgan fingerprint density at radius 1 is 1.14 bits per heavy atom. The summed E-state index contributed by atoms with van der Waals surface area (Å²) in [7, 11) is 0. The summed E-state index contributed by atoms with van der Waals surface area (Å²) in [5, 5.41) is 24.0. The molecule has 1 aliphatic heterocycles. The molecule has 3 amide bonds. The Kier molecular flexibility index (Phi) is 10.5. The van der Waals surface area contributed by atoms with E-state index in [1.165, 1.54) is 24.0 Å². The summed E-state index contributed by atoms with van der Waals surface area (Å²) >= 11 is 0. The van der Waals surface area contributed by atoms with E-state index in [4.69, 9.17) is 17.2 Å². The van der Waals surface area contributed by atoms with Gasteiger partial charge in [0.2, 0.25) is 17.7 Å². The van der Waals surface area contributed by atoms with Crippen LogP contribution in [0.2, 0.25) is 0 Å². The number of benzene rings is 1. The molecular weight excluding hydrogens is 470 g/mol. The summed E-state index contributed by atoms with van der Waals surface area (Å²) < 4.78 is 0. The molecule has 1 aromatic carbocycles. The average molecular weight is 506 g/mol. The highest BCUT2D eigenvalue weighted by atomic mass is 16.4. The first-order chi connectivity index (χ1) is 17.0. The van der Waals surface area contributed by atoms with Gasteiger partial charge >= 0.3 is 5.97 Å². The molecule has 1 aliphatic rings. The van der Waals surface area contributed by atoms with E-state index in [9.17, 15) is 29.4 Å². The fraction of sp³-hybridized carbons (Fsp3) is 0.522. The number of aliphatic imine (C=N–C) groups is 1. The number of amides is 3. The number of carboxylic acids is 1. The van der Waals surface area contributed by atoms with Gasteiger partial charge in [-0.05, 0) is 56.7 Å². The highest BCUT2D eigenvalue weighted by molar-refractivity contribution is 5.94. The first-order valence-corrected chi connectivity index (χ1v) is 11.7. The number of phenolic OH excluding ortho intramolecular Hbond substituents is 1. The van der Waals surface area contributed by atoms with Crippen LogP contribution in [0.15, 0.2) is 29.3 Å². The van der Waals surface area contributed by atoms with Gasteiger partial charge in [0.1, 0.15) is 23.9 Å². The van der Waals surface area contributed by atoms with Crippen LogP contribution in [0.4, 0.5) is 0 Å². The fourth-order valence-electron chi connectivity index (χ4n) is 3.91. The molecule has 0 saturated carbocycles. The van der Waals surface area contributed by atoms with Crippen LogP contribution in [0.25, 0.3) is 0 Å². The molecule has 0 aliphatic carbocycles. The van der Waals surface area contributed by atoms with Gasteiger partial charge in [-0.2, -0.15) is 0 Å². The van der Waals surface area contributed by atoms with Crippen LogP contribution in [-0.2, 0) is 25.6 Å². The molecule has 1 saturated heterocycles. The minimum absolute atomic E-state index is 0.0908. The van der Waals surface area contributed by atoms with Crippen molar-refractivity contribution >= 4 is 29.7 Å². The third-order valence-electron chi connectivity index (χ3n) is 5.86. The van der Waals surface area contributed by atoms with Crippen LogP contribution in [-0.4, -0.2) is 82.0 Å². The number of hydrogen-bond acceptors (Lipinski definition) is 7. The zero-order valence-electron chi connectivity index (χ0n) is 20.2. The van der Waals surface area contributed by atoms with Crippen LogP contribution in [0, 0.1) is 0 Å². The number of aliphatic carboxylic acids is 1. The van der Waals surface area contributed by atoms with Crippen LogP contribution < -0.4 is 27.8 Å². The lowest BCUT2D eigenvalue weighted by molar-refractivity contribution is -0.149. The molecule has 13 heteroatoms. The summed E-state index contributed by atoms with van der Waals surface area (Å²) in [6, 6.07) is 2.32. The number of aromatic hydroxyl groups is 1. The standard InChI is InChI=1S/C23H35N7O6/c1-13(28-20(33)16(24)12-14-6-8-15(31)9-7-14)19(32)29-17(4-2-10-27-23(25)26)21(34)30-11-3-5-18(30)22(35)36/h6-9,13,16-18,31H,2-5,10-12,24H2,1H3,(H,28,33)(H,29,32)(H,35,36)(H4,25,26,27). The fourth-order valence-corrected chi connectivity index (χ4v) is 3.91. The lowest BCUT2D eigenvalue weighted by Crippen LogP contribution is -2.56. The largest absolute Gasteiger partial charge is 0.508 e. The first-order valence-electron chi connectivity index (χ1n) is 11.7. The maximum atomic E-state index is 13.1. The van der Waals surface area contributed by atoms with E-state index in [1.54, 1.807) is 12.1 Å². The Bertz CT molecular complexity index is 964. The normalized spacial score (nSPS) is 17.5. The van der Waals surface area contributed by atoms with Gasteiger partial charge in [0, 0.05) is 13.1 Å². The first kappa shape index (κ1) is 28.4. The second kappa shape index (κ2) is 13.3. The Balaban J connectivity index is 2.01. The zero-order chi connectivity index (χ0) is 26.8. The van der Waals surface area contributed by atoms with E-state index in [0.29, 0.717) is 19.3 Å². The average Bonchev–Trinajstić information content (AvgIpc) is 3.32.